The molecule has 18 heavy (non-hydrogen) atoms. The Morgan fingerprint density at radius 2 is 1.83 bits per heavy atom. The highest BCUT2D eigenvalue weighted by atomic mass is 15.2. The van der Waals surface area contributed by atoms with Gasteiger partial charge >= 0.3 is 0 Å². The molecule has 0 aromatic carbocycles. The normalized spacial score (nSPS) is 14.5. The molecule has 1 rings (SSSR count). The van der Waals surface area contributed by atoms with Crippen LogP contribution in [0.1, 0.15) is 40.5 Å². The third-order valence-electron chi connectivity index (χ3n) is 3.65. The lowest BCUT2D eigenvalue weighted by molar-refractivity contribution is 0.152. The van der Waals surface area contributed by atoms with Crippen LogP contribution in [0.3, 0.4) is 0 Å². The van der Waals surface area contributed by atoms with Crippen molar-refractivity contribution in [2.24, 2.45) is 0 Å². The summed E-state index contributed by atoms with van der Waals surface area (Å²) in [6.45, 7) is 11.2. The molecule has 0 aliphatic carbocycles. The maximum atomic E-state index is 4.28. The highest BCUT2D eigenvalue weighted by Crippen LogP contribution is 2.11. The van der Waals surface area contributed by atoms with Crippen molar-refractivity contribution in [3.8, 4) is 0 Å². The molecule has 0 radical (unpaired) electrons. The van der Waals surface area contributed by atoms with Crippen molar-refractivity contribution < 1.29 is 0 Å². The molecule has 102 valence electrons. The largest absolute Gasteiger partial charge is 0.369 e. The lowest BCUT2D eigenvalue weighted by Crippen LogP contribution is -2.42. The van der Waals surface area contributed by atoms with Crippen molar-refractivity contribution >= 4 is 5.82 Å². The van der Waals surface area contributed by atoms with Crippen molar-refractivity contribution in [2.45, 2.75) is 52.6 Å². The molecule has 1 aromatic heterocycles. The van der Waals surface area contributed by atoms with Crippen LogP contribution in [-0.4, -0.2) is 35.1 Å². The Bertz CT molecular complexity index is 303. The first-order valence-corrected chi connectivity index (χ1v) is 7.09. The molecular formula is C15H27N3. The third-order valence-corrected chi connectivity index (χ3v) is 3.65. The van der Waals surface area contributed by atoms with E-state index in [0.717, 1.165) is 18.9 Å². The Balaban J connectivity index is 2.42. The van der Waals surface area contributed by atoms with Gasteiger partial charge in [-0.15, -0.1) is 0 Å². The summed E-state index contributed by atoms with van der Waals surface area (Å²) in [5.74, 6) is 0.964. The van der Waals surface area contributed by atoms with Gasteiger partial charge in [0, 0.05) is 31.4 Å². The first kappa shape index (κ1) is 15.0. The van der Waals surface area contributed by atoms with E-state index in [-0.39, 0.29) is 0 Å². The van der Waals surface area contributed by atoms with Crippen molar-refractivity contribution in [1.29, 1.82) is 0 Å². The van der Waals surface area contributed by atoms with Gasteiger partial charge in [0.2, 0.25) is 0 Å². The quantitative estimate of drug-likeness (QED) is 0.765. The van der Waals surface area contributed by atoms with Gasteiger partial charge in [0.15, 0.2) is 0 Å². The second kappa shape index (κ2) is 8.09. The van der Waals surface area contributed by atoms with Gasteiger partial charge in [-0.25, -0.2) is 4.98 Å². The summed E-state index contributed by atoms with van der Waals surface area (Å²) < 4.78 is 0. The number of hydrogen-bond acceptors (Lipinski definition) is 3. The van der Waals surface area contributed by atoms with E-state index in [0.29, 0.717) is 12.1 Å². The summed E-state index contributed by atoms with van der Waals surface area (Å²) in [5, 5.41) is 3.38. The molecule has 2 unspecified atom stereocenters. The van der Waals surface area contributed by atoms with E-state index in [1.54, 1.807) is 0 Å². The number of nitrogens with zero attached hydrogens (tertiary/aromatic N) is 2. The Labute approximate surface area is 112 Å². The lowest BCUT2D eigenvalue weighted by atomic mass is 10.1. The molecule has 1 heterocycles. The van der Waals surface area contributed by atoms with Crippen molar-refractivity contribution in [2.75, 3.05) is 18.4 Å². The van der Waals surface area contributed by atoms with Crippen molar-refractivity contribution in [1.82, 2.24) is 9.88 Å². The topological polar surface area (TPSA) is 28.2 Å². The van der Waals surface area contributed by atoms with Gasteiger partial charge < -0.3 is 5.32 Å². The number of anilines is 1. The fourth-order valence-electron chi connectivity index (χ4n) is 2.12. The van der Waals surface area contributed by atoms with Crippen LogP contribution < -0.4 is 5.32 Å². The van der Waals surface area contributed by atoms with E-state index in [4.69, 9.17) is 0 Å². The van der Waals surface area contributed by atoms with Gasteiger partial charge in [-0.1, -0.05) is 19.9 Å². The molecule has 0 amide bonds. The molecule has 0 fully saturated rings. The Kier molecular flexibility index (Phi) is 6.73. The standard InChI is InChI=1S/C15H27N3/c1-5-13(3)18(14(4)6-2)12-11-17-15-9-7-8-10-16-15/h7-10,13-14H,5-6,11-12H2,1-4H3,(H,16,17). The predicted octanol–water partition coefficient (Wildman–Crippen LogP) is 3.39. The SMILES string of the molecule is CCC(C)N(CCNc1ccccn1)C(C)CC. The smallest absolute Gasteiger partial charge is 0.125 e. The average Bonchev–Trinajstić information content (AvgIpc) is 2.43. The van der Waals surface area contributed by atoms with E-state index in [2.05, 4.69) is 42.9 Å². The monoisotopic (exact) mass is 249 g/mol. The molecule has 0 bridgehead atoms. The molecule has 0 aliphatic heterocycles. The van der Waals surface area contributed by atoms with Crippen LogP contribution in [0.5, 0.6) is 0 Å². The second-order valence-corrected chi connectivity index (χ2v) is 4.89. The molecule has 0 spiro atoms. The lowest BCUT2D eigenvalue weighted by Gasteiger charge is -2.33. The van der Waals surface area contributed by atoms with Crippen LogP contribution in [0, 0.1) is 0 Å². The van der Waals surface area contributed by atoms with Gasteiger partial charge in [-0.3, -0.25) is 4.90 Å². The van der Waals surface area contributed by atoms with Crippen molar-refractivity contribution in [3.05, 3.63) is 24.4 Å². The van der Waals surface area contributed by atoms with E-state index in [9.17, 15) is 0 Å². The van der Waals surface area contributed by atoms with E-state index >= 15 is 0 Å². The number of pyridine rings is 1. The zero-order valence-electron chi connectivity index (χ0n) is 12.2. The molecule has 1 N–H and O–H groups in total. The highest BCUT2D eigenvalue weighted by Gasteiger charge is 2.16. The first-order valence-electron chi connectivity index (χ1n) is 7.09. The average molecular weight is 249 g/mol. The molecular weight excluding hydrogens is 222 g/mol. The minimum Gasteiger partial charge on any atom is -0.369 e. The molecule has 0 aliphatic rings. The third kappa shape index (κ3) is 4.65. The molecule has 3 nitrogen and oxygen atoms in total. The summed E-state index contributed by atoms with van der Waals surface area (Å²) in [7, 11) is 0. The fourth-order valence-corrected chi connectivity index (χ4v) is 2.12. The van der Waals surface area contributed by atoms with Gasteiger partial charge in [-0.05, 0) is 38.8 Å². The molecule has 3 heteroatoms. The van der Waals surface area contributed by atoms with E-state index in [1.807, 2.05) is 24.4 Å². The number of nitrogens with one attached hydrogen (secondary N) is 1. The summed E-state index contributed by atoms with van der Waals surface area (Å²) >= 11 is 0. The summed E-state index contributed by atoms with van der Waals surface area (Å²) in [4.78, 5) is 6.86. The highest BCUT2D eigenvalue weighted by molar-refractivity contribution is 5.32. The minimum atomic E-state index is 0.644. The fraction of sp³-hybridized carbons (Fsp3) is 0.667. The molecule has 0 saturated heterocycles. The maximum absolute atomic E-state index is 4.28. The van der Waals surface area contributed by atoms with Crippen LogP contribution in [0.25, 0.3) is 0 Å². The van der Waals surface area contributed by atoms with Gasteiger partial charge in [0.25, 0.3) is 0 Å². The number of aromatic nitrogens is 1. The van der Waals surface area contributed by atoms with Crippen molar-refractivity contribution in [3.63, 3.8) is 0 Å². The molecule has 1 aromatic rings. The first-order chi connectivity index (χ1) is 8.69. The molecule has 0 saturated carbocycles. The van der Waals surface area contributed by atoms with Crippen LogP contribution in [0.2, 0.25) is 0 Å². The Morgan fingerprint density at radius 3 is 2.33 bits per heavy atom. The van der Waals surface area contributed by atoms with Crippen LogP contribution >= 0.6 is 0 Å². The zero-order valence-corrected chi connectivity index (χ0v) is 12.2. The Morgan fingerprint density at radius 1 is 1.17 bits per heavy atom. The van der Waals surface area contributed by atoms with Crippen LogP contribution in [0.4, 0.5) is 5.82 Å². The minimum absolute atomic E-state index is 0.644. The maximum Gasteiger partial charge on any atom is 0.125 e. The van der Waals surface area contributed by atoms with E-state index in [1.165, 1.54) is 12.8 Å². The van der Waals surface area contributed by atoms with Gasteiger partial charge in [0.1, 0.15) is 5.82 Å². The Hall–Kier alpha value is -1.09. The zero-order chi connectivity index (χ0) is 13.4. The summed E-state index contributed by atoms with van der Waals surface area (Å²) in [5.41, 5.74) is 0. The molecule has 2 atom stereocenters. The summed E-state index contributed by atoms with van der Waals surface area (Å²) in [6.07, 6.45) is 4.23. The van der Waals surface area contributed by atoms with Crippen LogP contribution in [0.15, 0.2) is 24.4 Å². The van der Waals surface area contributed by atoms with Gasteiger partial charge in [-0.2, -0.15) is 0 Å². The second-order valence-electron chi connectivity index (χ2n) is 4.89. The number of rotatable bonds is 8. The van der Waals surface area contributed by atoms with E-state index < -0.39 is 0 Å². The predicted molar refractivity (Wildman–Crippen MR) is 78.9 cm³/mol. The number of hydrogen-bond donors (Lipinski definition) is 1. The van der Waals surface area contributed by atoms with Crippen LogP contribution in [-0.2, 0) is 0 Å². The van der Waals surface area contributed by atoms with Gasteiger partial charge in [0.05, 0.1) is 0 Å². The summed E-state index contributed by atoms with van der Waals surface area (Å²) in [6, 6.07) is 7.25.